The maximum Gasteiger partial charge on any atom is 0.238 e. The Morgan fingerprint density at radius 2 is 1.91 bits per heavy atom. The molecule has 1 unspecified atom stereocenters. The summed E-state index contributed by atoms with van der Waals surface area (Å²) in [5, 5.41) is 3.16. The summed E-state index contributed by atoms with van der Waals surface area (Å²) in [6, 6.07) is 20.4. The summed E-state index contributed by atoms with van der Waals surface area (Å²) in [5.74, 6) is -0.846. The number of aryl methyl sites for hydroxylation is 1. The molecule has 2 amide bonds. The van der Waals surface area contributed by atoms with Crippen LogP contribution in [-0.2, 0) is 16.1 Å². The zero-order valence-corrected chi connectivity index (χ0v) is 19.4. The van der Waals surface area contributed by atoms with E-state index in [1.165, 1.54) is 28.8 Å². The molecule has 1 N–H and O–H groups in total. The first kappa shape index (κ1) is 23.0. The quantitative estimate of drug-likeness (QED) is 0.490. The average molecular weight is 482 g/mol. The van der Waals surface area contributed by atoms with Crippen LogP contribution in [0.4, 0.5) is 15.8 Å². The monoisotopic (exact) mass is 481 g/mol. The molecule has 0 aromatic heterocycles. The number of aliphatic imine (C=N–C) groups is 1. The van der Waals surface area contributed by atoms with E-state index in [2.05, 4.69) is 10.3 Å². The van der Waals surface area contributed by atoms with E-state index in [-0.39, 0.29) is 30.6 Å². The second kappa shape index (κ2) is 10.2. The molecule has 3 aromatic rings. The summed E-state index contributed by atoms with van der Waals surface area (Å²) in [7, 11) is 0. The molecule has 1 heterocycles. The lowest BCUT2D eigenvalue weighted by molar-refractivity contribution is -0.129. The van der Waals surface area contributed by atoms with Gasteiger partial charge in [0.1, 0.15) is 11.1 Å². The van der Waals surface area contributed by atoms with Crippen LogP contribution < -0.4 is 5.32 Å². The summed E-state index contributed by atoms with van der Waals surface area (Å²) in [6.07, 6.45) is 0.0259. The third-order valence-electron chi connectivity index (χ3n) is 5.00. The molecule has 0 saturated carbocycles. The number of hydrogen-bond acceptors (Lipinski definition) is 4. The molecule has 0 radical (unpaired) electrons. The van der Waals surface area contributed by atoms with Gasteiger partial charge in [0.15, 0.2) is 5.17 Å². The molecule has 8 heteroatoms. The van der Waals surface area contributed by atoms with Crippen LogP contribution in [0, 0.1) is 12.7 Å². The molecule has 33 heavy (non-hydrogen) atoms. The van der Waals surface area contributed by atoms with Crippen molar-refractivity contribution < 1.29 is 14.0 Å². The van der Waals surface area contributed by atoms with E-state index in [1.807, 2.05) is 31.2 Å². The van der Waals surface area contributed by atoms with Crippen molar-refractivity contribution in [1.29, 1.82) is 0 Å². The van der Waals surface area contributed by atoms with Gasteiger partial charge in [-0.1, -0.05) is 53.7 Å². The number of amides is 2. The van der Waals surface area contributed by atoms with Gasteiger partial charge in [-0.3, -0.25) is 14.5 Å². The molecule has 1 atom stereocenters. The maximum absolute atomic E-state index is 13.3. The Labute approximate surface area is 200 Å². The predicted molar refractivity (Wildman–Crippen MR) is 131 cm³/mol. The van der Waals surface area contributed by atoms with E-state index in [1.54, 1.807) is 36.4 Å². The molecule has 0 aliphatic carbocycles. The number of rotatable bonds is 5. The van der Waals surface area contributed by atoms with E-state index in [4.69, 9.17) is 11.6 Å². The zero-order chi connectivity index (χ0) is 23.4. The van der Waals surface area contributed by atoms with Crippen LogP contribution in [0.15, 0.2) is 77.8 Å². The topological polar surface area (TPSA) is 61.8 Å². The summed E-state index contributed by atoms with van der Waals surface area (Å²) >= 11 is 7.32. The van der Waals surface area contributed by atoms with Gasteiger partial charge in [0.2, 0.25) is 11.8 Å². The Morgan fingerprint density at radius 3 is 2.64 bits per heavy atom. The van der Waals surface area contributed by atoms with Crippen LogP contribution in [0.3, 0.4) is 0 Å². The Balaban J connectivity index is 1.60. The van der Waals surface area contributed by atoms with Crippen LogP contribution >= 0.6 is 23.4 Å². The summed E-state index contributed by atoms with van der Waals surface area (Å²) in [6.45, 7) is 2.16. The molecular formula is C25H21ClFN3O2S. The van der Waals surface area contributed by atoms with E-state index < -0.39 is 5.25 Å². The van der Waals surface area contributed by atoms with Gasteiger partial charge in [-0.2, -0.15) is 0 Å². The number of anilines is 1. The van der Waals surface area contributed by atoms with Crippen molar-refractivity contribution in [3.63, 3.8) is 0 Å². The first-order valence-corrected chi connectivity index (χ1v) is 11.6. The van der Waals surface area contributed by atoms with Gasteiger partial charge in [0.25, 0.3) is 0 Å². The fourth-order valence-corrected chi connectivity index (χ4v) is 4.65. The highest BCUT2D eigenvalue weighted by atomic mass is 35.5. The second-order valence-corrected chi connectivity index (χ2v) is 9.26. The number of thioether (sulfide) groups is 1. The highest BCUT2D eigenvalue weighted by Gasteiger charge is 2.36. The summed E-state index contributed by atoms with van der Waals surface area (Å²) in [5.41, 5.74) is 3.03. The minimum atomic E-state index is -0.639. The van der Waals surface area contributed by atoms with Crippen molar-refractivity contribution in [2.75, 3.05) is 5.32 Å². The van der Waals surface area contributed by atoms with Crippen LogP contribution in [0.25, 0.3) is 0 Å². The summed E-state index contributed by atoms with van der Waals surface area (Å²) in [4.78, 5) is 32.2. The summed E-state index contributed by atoms with van der Waals surface area (Å²) < 4.78 is 13.3. The van der Waals surface area contributed by atoms with Crippen molar-refractivity contribution in [2.24, 2.45) is 4.99 Å². The van der Waals surface area contributed by atoms with Crippen LogP contribution in [0.5, 0.6) is 0 Å². The Hall–Kier alpha value is -3.16. The molecule has 1 aliphatic heterocycles. The van der Waals surface area contributed by atoms with E-state index in [0.717, 1.165) is 11.1 Å². The average Bonchev–Trinajstić information content (AvgIpc) is 2.77. The minimum Gasteiger partial charge on any atom is -0.325 e. The van der Waals surface area contributed by atoms with Crippen molar-refractivity contribution in [3.05, 3.63) is 94.8 Å². The smallest absolute Gasteiger partial charge is 0.238 e. The van der Waals surface area contributed by atoms with Gasteiger partial charge >= 0.3 is 0 Å². The lowest BCUT2D eigenvalue weighted by atomic mass is 10.2. The van der Waals surface area contributed by atoms with Crippen LogP contribution in [-0.4, -0.2) is 27.1 Å². The van der Waals surface area contributed by atoms with Crippen molar-refractivity contribution >= 4 is 51.7 Å². The maximum atomic E-state index is 13.3. The number of hydrogen-bond donors (Lipinski definition) is 1. The fourth-order valence-electron chi connectivity index (χ4n) is 3.37. The first-order valence-electron chi connectivity index (χ1n) is 10.3. The zero-order valence-electron chi connectivity index (χ0n) is 17.8. The van der Waals surface area contributed by atoms with Gasteiger partial charge in [0.05, 0.1) is 12.2 Å². The van der Waals surface area contributed by atoms with Crippen LogP contribution in [0.2, 0.25) is 5.02 Å². The first-order chi connectivity index (χ1) is 15.9. The molecule has 4 rings (SSSR count). The van der Waals surface area contributed by atoms with Gasteiger partial charge in [-0.25, -0.2) is 9.38 Å². The fraction of sp³-hybridized carbons (Fsp3) is 0.160. The molecule has 5 nitrogen and oxygen atoms in total. The Morgan fingerprint density at radius 1 is 1.15 bits per heavy atom. The number of amidine groups is 1. The van der Waals surface area contributed by atoms with Gasteiger partial charge < -0.3 is 5.32 Å². The van der Waals surface area contributed by atoms with Crippen LogP contribution in [0.1, 0.15) is 17.5 Å². The number of benzene rings is 3. The molecule has 1 fully saturated rings. The standard InChI is InChI=1S/C25H21ClFN3O2S/c1-16-4-2-6-20(12-16)28-24(32)22-14-23(31)30(15-17-8-10-19(27)11-9-17)25(33-22)29-21-7-3-5-18(26)13-21/h2-13,22H,14-15H2,1H3,(H,28,32). The Kier molecular flexibility index (Phi) is 7.11. The molecule has 3 aromatic carbocycles. The third-order valence-corrected chi connectivity index (χ3v) is 6.43. The molecule has 1 saturated heterocycles. The van der Waals surface area contributed by atoms with Gasteiger partial charge in [-0.15, -0.1) is 0 Å². The van der Waals surface area contributed by atoms with Gasteiger partial charge in [-0.05, 0) is 60.5 Å². The number of nitrogens with one attached hydrogen (secondary N) is 1. The SMILES string of the molecule is Cc1cccc(NC(=O)C2CC(=O)N(Cc3ccc(F)cc3)C(=Nc3cccc(Cl)c3)S2)c1. The van der Waals surface area contributed by atoms with E-state index in [9.17, 15) is 14.0 Å². The number of carbonyl (C=O) groups excluding carboxylic acids is 2. The number of nitrogens with zero attached hydrogens (tertiary/aromatic N) is 2. The molecule has 1 aliphatic rings. The number of carbonyl (C=O) groups is 2. The molecular weight excluding hydrogens is 461 g/mol. The van der Waals surface area contributed by atoms with Crippen molar-refractivity contribution in [2.45, 2.75) is 25.1 Å². The molecule has 0 bridgehead atoms. The lowest BCUT2D eigenvalue weighted by Crippen LogP contribution is -2.44. The van der Waals surface area contributed by atoms with E-state index in [0.29, 0.717) is 21.6 Å². The molecule has 0 spiro atoms. The van der Waals surface area contributed by atoms with Gasteiger partial charge in [0, 0.05) is 17.1 Å². The highest BCUT2D eigenvalue weighted by Crippen LogP contribution is 2.31. The normalized spacial score (nSPS) is 17.3. The number of halogens is 2. The van der Waals surface area contributed by atoms with Crippen molar-refractivity contribution in [1.82, 2.24) is 4.90 Å². The largest absolute Gasteiger partial charge is 0.325 e. The lowest BCUT2D eigenvalue weighted by Gasteiger charge is -2.32. The third kappa shape index (κ3) is 6.00. The van der Waals surface area contributed by atoms with Crippen molar-refractivity contribution in [3.8, 4) is 0 Å². The predicted octanol–water partition coefficient (Wildman–Crippen LogP) is 5.95. The minimum absolute atomic E-state index is 0.0259. The highest BCUT2D eigenvalue weighted by molar-refractivity contribution is 8.15. The molecule has 168 valence electrons. The van der Waals surface area contributed by atoms with E-state index >= 15 is 0 Å². The second-order valence-electron chi connectivity index (χ2n) is 7.65. The Bertz CT molecular complexity index is 1220.